The molecule has 2 heterocycles. The summed E-state index contributed by atoms with van der Waals surface area (Å²) in [6.07, 6.45) is 2.76. The molecule has 1 aromatic carbocycles. The van der Waals surface area contributed by atoms with Crippen LogP contribution in [0.25, 0.3) is 0 Å². The van der Waals surface area contributed by atoms with E-state index in [4.69, 9.17) is 9.47 Å². The lowest BCUT2D eigenvalue weighted by molar-refractivity contribution is -0.160. The molecule has 19 heavy (non-hydrogen) atoms. The number of morpholine rings is 1. The monoisotopic (exact) mass is 259 g/mol. The highest BCUT2D eigenvalue weighted by molar-refractivity contribution is 5.78. The van der Waals surface area contributed by atoms with E-state index < -0.39 is 0 Å². The Bertz CT molecular complexity index is 489. The topological polar surface area (TPSA) is 42.1 Å². The number of rotatable bonds is 2. The van der Waals surface area contributed by atoms with Gasteiger partial charge in [-0.05, 0) is 12.0 Å². The highest BCUT2D eigenvalue weighted by Gasteiger charge is 2.52. The van der Waals surface area contributed by atoms with Gasteiger partial charge in [0.1, 0.15) is 6.61 Å². The second-order valence-electron chi connectivity index (χ2n) is 5.61. The number of hydrogen-bond donors (Lipinski definition) is 0. The van der Waals surface area contributed by atoms with Gasteiger partial charge in [0, 0.05) is 13.0 Å². The number of nitrogens with zero attached hydrogens (tertiary/aromatic N) is 1. The summed E-state index contributed by atoms with van der Waals surface area (Å²) < 4.78 is 11.3. The van der Waals surface area contributed by atoms with E-state index in [0.717, 1.165) is 12.8 Å². The lowest BCUT2D eigenvalue weighted by atomic mass is 9.89. The van der Waals surface area contributed by atoms with Gasteiger partial charge in [0.2, 0.25) is 5.91 Å². The van der Waals surface area contributed by atoms with Crippen molar-refractivity contribution in [3.05, 3.63) is 35.9 Å². The Balaban J connectivity index is 1.55. The molecule has 4 rings (SSSR count). The Morgan fingerprint density at radius 1 is 1.11 bits per heavy atom. The number of epoxide rings is 1. The molecule has 2 aliphatic heterocycles. The van der Waals surface area contributed by atoms with Gasteiger partial charge < -0.3 is 14.4 Å². The van der Waals surface area contributed by atoms with Crippen molar-refractivity contribution in [3.8, 4) is 0 Å². The van der Waals surface area contributed by atoms with Crippen molar-refractivity contribution in [1.82, 2.24) is 4.90 Å². The van der Waals surface area contributed by atoms with Crippen molar-refractivity contribution in [3.63, 3.8) is 0 Å². The van der Waals surface area contributed by atoms with E-state index >= 15 is 0 Å². The third kappa shape index (κ3) is 2.05. The number of carbonyl (C=O) groups is 1. The Morgan fingerprint density at radius 3 is 2.74 bits per heavy atom. The maximum Gasteiger partial charge on any atom is 0.249 e. The van der Waals surface area contributed by atoms with Crippen LogP contribution < -0.4 is 0 Å². The first kappa shape index (κ1) is 11.4. The molecule has 4 heteroatoms. The van der Waals surface area contributed by atoms with Crippen molar-refractivity contribution in [2.24, 2.45) is 0 Å². The van der Waals surface area contributed by atoms with Crippen LogP contribution in [0.3, 0.4) is 0 Å². The molecular weight excluding hydrogens is 242 g/mol. The van der Waals surface area contributed by atoms with Crippen LogP contribution in [0.5, 0.6) is 0 Å². The molecule has 0 unspecified atom stereocenters. The number of amides is 1. The zero-order valence-corrected chi connectivity index (χ0v) is 10.7. The van der Waals surface area contributed by atoms with Crippen molar-refractivity contribution in [2.45, 2.75) is 43.7 Å². The van der Waals surface area contributed by atoms with Gasteiger partial charge in [-0.3, -0.25) is 4.79 Å². The van der Waals surface area contributed by atoms with Crippen LogP contribution in [0.2, 0.25) is 0 Å². The maximum atomic E-state index is 12.1. The van der Waals surface area contributed by atoms with E-state index in [1.165, 1.54) is 5.56 Å². The first-order valence-electron chi connectivity index (χ1n) is 6.92. The highest BCUT2D eigenvalue weighted by Crippen LogP contribution is 2.41. The second kappa shape index (κ2) is 4.32. The van der Waals surface area contributed by atoms with Crippen molar-refractivity contribution in [2.75, 3.05) is 6.61 Å². The summed E-state index contributed by atoms with van der Waals surface area (Å²) in [5.74, 6) is 0.101. The van der Waals surface area contributed by atoms with Crippen molar-refractivity contribution in [1.29, 1.82) is 0 Å². The van der Waals surface area contributed by atoms with Crippen molar-refractivity contribution < 1.29 is 14.3 Å². The average Bonchev–Trinajstić information content (AvgIpc) is 3.19. The predicted molar refractivity (Wildman–Crippen MR) is 68.4 cm³/mol. The average molecular weight is 259 g/mol. The molecule has 4 nitrogen and oxygen atoms in total. The van der Waals surface area contributed by atoms with E-state index in [2.05, 4.69) is 12.1 Å². The minimum Gasteiger partial charge on any atom is -0.369 e. The molecule has 0 N–H and O–H groups in total. The van der Waals surface area contributed by atoms with Crippen LogP contribution >= 0.6 is 0 Å². The van der Waals surface area contributed by atoms with Crippen LogP contribution in [0, 0.1) is 0 Å². The van der Waals surface area contributed by atoms with Crippen LogP contribution in [-0.4, -0.2) is 41.8 Å². The minimum absolute atomic E-state index is 0.101. The summed E-state index contributed by atoms with van der Waals surface area (Å²) in [5, 5.41) is 0. The summed E-state index contributed by atoms with van der Waals surface area (Å²) in [5.41, 5.74) is 1.18. The minimum atomic E-state index is 0.101. The van der Waals surface area contributed by atoms with Crippen LogP contribution in [0.15, 0.2) is 30.3 Å². The molecule has 0 spiro atoms. The quantitative estimate of drug-likeness (QED) is 0.753. The summed E-state index contributed by atoms with van der Waals surface area (Å²) in [4.78, 5) is 14.1. The normalized spacial score (nSPS) is 36.6. The summed E-state index contributed by atoms with van der Waals surface area (Å²) >= 11 is 0. The zero-order chi connectivity index (χ0) is 12.8. The number of ether oxygens (including phenoxy) is 2. The molecule has 1 aromatic rings. The van der Waals surface area contributed by atoms with Crippen LogP contribution in [0.1, 0.15) is 18.4 Å². The van der Waals surface area contributed by atoms with E-state index in [1.54, 1.807) is 0 Å². The summed E-state index contributed by atoms with van der Waals surface area (Å²) in [6.45, 7) is 0.896. The molecule has 0 aromatic heterocycles. The molecule has 0 bridgehead atoms. The number of fused-ring (bicyclic) bond motifs is 2. The molecule has 1 amide bonds. The first-order chi connectivity index (χ1) is 9.31. The Kier molecular flexibility index (Phi) is 2.60. The molecule has 1 saturated carbocycles. The molecular formula is C15H17NO3. The number of carbonyl (C=O) groups excluding carboxylic acids is 1. The van der Waals surface area contributed by atoms with Gasteiger partial charge in [0.15, 0.2) is 0 Å². The van der Waals surface area contributed by atoms with E-state index in [-0.39, 0.29) is 24.7 Å². The van der Waals surface area contributed by atoms with Gasteiger partial charge in [0.25, 0.3) is 0 Å². The SMILES string of the molecule is O=C1CO[C@@H]2C[C@H]3O[C@H]3C[C@H]2N1Cc1ccccc1. The largest absolute Gasteiger partial charge is 0.369 e. The molecule has 4 atom stereocenters. The van der Waals surface area contributed by atoms with E-state index in [9.17, 15) is 4.79 Å². The van der Waals surface area contributed by atoms with Gasteiger partial charge in [-0.2, -0.15) is 0 Å². The van der Waals surface area contributed by atoms with Gasteiger partial charge in [0.05, 0.1) is 24.4 Å². The van der Waals surface area contributed by atoms with E-state index in [0.29, 0.717) is 18.8 Å². The number of hydrogen-bond acceptors (Lipinski definition) is 3. The third-order valence-corrected chi connectivity index (χ3v) is 4.39. The fraction of sp³-hybridized carbons (Fsp3) is 0.533. The molecule has 0 radical (unpaired) electrons. The highest BCUT2D eigenvalue weighted by atomic mass is 16.6. The first-order valence-corrected chi connectivity index (χ1v) is 6.92. The smallest absolute Gasteiger partial charge is 0.249 e. The van der Waals surface area contributed by atoms with Gasteiger partial charge in [-0.15, -0.1) is 0 Å². The molecule has 3 fully saturated rings. The fourth-order valence-corrected chi connectivity index (χ4v) is 3.31. The summed E-state index contributed by atoms with van der Waals surface area (Å²) in [6, 6.07) is 10.3. The second-order valence-corrected chi connectivity index (χ2v) is 5.61. The standard InChI is InChI=1S/C15H17NO3/c17-15-9-18-12-7-14-13(19-14)6-11(12)16(15)8-10-4-2-1-3-5-10/h1-5,11-14H,6-9H2/t11-,12-,13+,14-/m1/s1. The fourth-order valence-electron chi connectivity index (χ4n) is 3.31. The lowest BCUT2D eigenvalue weighted by Crippen LogP contribution is -2.56. The van der Waals surface area contributed by atoms with Gasteiger partial charge >= 0.3 is 0 Å². The Labute approximate surface area is 112 Å². The zero-order valence-electron chi connectivity index (χ0n) is 10.7. The lowest BCUT2D eigenvalue weighted by Gasteiger charge is -2.42. The van der Waals surface area contributed by atoms with Crippen molar-refractivity contribution >= 4 is 5.91 Å². The molecule has 2 saturated heterocycles. The molecule has 100 valence electrons. The maximum absolute atomic E-state index is 12.1. The number of benzene rings is 1. The Morgan fingerprint density at radius 2 is 1.89 bits per heavy atom. The molecule has 1 aliphatic carbocycles. The Hall–Kier alpha value is -1.39. The summed E-state index contributed by atoms with van der Waals surface area (Å²) in [7, 11) is 0. The van der Waals surface area contributed by atoms with Crippen LogP contribution in [-0.2, 0) is 20.8 Å². The van der Waals surface area contributed by atoms with Gasteiger partial charge in [-0.1, -0.05) is 30.3 Å². The third-order valence-electron chi connectivity index (χ3n) is 4.39. The predicted octanol–water partition coefficient (Wildman–Crippen LogP) is 1.34. The van der Waals surface area contributed by atoms with Gasteiger partial charge in [-0.25, -0.2) is 0 Å². The van der Waals surface area contributed by atoms with Crippen LogP contribution in [0.4, 0.5) is 0 Å². The molecule has 3 aliphatic rings. The van der Waals surface area contributed by atoms with E-state index in [1.807, 2.05) is 23.1 Å².